The average Bonchev–Trinajstić information content (AvgIpc) is 3.02. The molecule has 0 aromatic heterocycles. The van der Waals surface area contributed by atoms with Crippen LogP contribution in [0, 0.1) is 40.4 Å². The topological polar surface area (TPSA) is 26.3 Å². The van der Waals surface area contributed by atoms with Crippen molar-refractivity contribution >= 4 is 5.78 Å². The lowest BCUT2D eigenvalue weighted by Crippen LogP contribution is -2.53. The molecule has 0 aromatic carbocycles. The Hall–Kier alpha value is -0.630. The van der Waals surface area contributed by atoms with Crippen LogP contribution in [-0.4, -0.2) is 19.0 Å². The molecule has 0 amide bonds. The summed E-state index contributed by atoms with van der Waals surface area (Å²) in [7, 11) is 0. The monoisotopic (exact) mass is 384 g/mol. The highest BCUT2D eigenvalue weighted by molar-refractivity contribution is 5.87. The standard InChI is InChI=1S/C26H40O2/c1-25-13-9-19(4-3-18-11-15-28-16-12-18)17-20(25)5-6-21-22-7-8-24(27)26(22,2)14-10-23(21)25/h4,18,20-23H,3,5-17H2,1-2H3/b19-4+/t20?,21?,22?,23?,25-,26-/m0/s1. The Morgan fingerprint density at radius 1 is 0.964 bits per heavy atom. The van der Waals surface area contributed by atoms with Crippen molar-refractivity contribution in [3.63, 3.8) is 0 Å². The van der Waals surface area contributed by atoms with Gasteiger partial charge in [-0.05, 0) is 106 Å². The van der Waals surface area contributed by atoms with E-state index in [1.54, 1.807) is 5.57 Å². The van der Waals surface area contributed by atoms with Crippen LogP contribution in [0.25, 0.3) is 0 Å². The summed E-state index contributed by atoms with van der Waals surface area (Å²) in [6, 6.07) is 0. The third kappa shape index (κ3) is 3.04. The summed E-state index contributed by atoms with van der Waals surface area (Å²) in [4.78, 5) is 12.6. The highest BCUT2D eigenvalue weighted by Gasteiger charge is 2.59. The molecular weight excluding hydrogens is 344 g/mol. The van der Waals surface area contributed by atoms with Crippen molar-refractivity contribution in [3.05, 3.63) is 11.6 Å². The van der Waals surface area contributed by atoms with Gasteiger partial charge < -0.3 is 4.74 Å². The zero-order chi connectivity index (χ0) is 19.4. The fraction of sp³-hybridized carbons (Fsp3) is 0.885. The first-order valence-electron chi connectivity index (χ1n) is 12.3. The van der Waals surface area contributed by atoms with Gasteiger partial charge in [0.05, 0.1) is 0 Å². The minimum atomic E-state index is 0.0355. The lowest BCUT2D eigenvalue weighted by molar-refractivity contribution is -0.137. The van der Waals surface area contributed by atoms with E-state index in [0.717, 1.165) is 43.3 Å². The molecule has 28 heavy (non-hydrogen) atoms. The van der Waals surface area contributed by atoms with E-state index in [-0.39, 0.29) is 5.41 Å². The predicted octanol–water partition coefficient (Wildman–Crippen LogP) is 6.34. The zero-order valence-corrected chi connectivity index (χ0v) is 18.2. The molecule has 0 radical (unpaired) electrons. The highest BCUT2D eigenvalue weighted by Crippen LogP contribution is 2.65. The van der Waals surface area contributed by atoms with Crippen molar-refractivity contribution in [2.75, 3.05) is 13.2 Å². The molecule has 4 unspecified atom stereocenters. The largest absolute Gasteiger partial charge is 0.381 e. The SMILES string of the molecule is C[C@]12CC/C(=C\CC3CCOCC3)CC1CCC1C2CC[C@]2(C)C(=O)CCC12. The van der Waals surface area contributed by atoms with Gasteiger partial charge in [0.25, 0.3) is 0 Å². The molecule has 1 heterocycles. The van der Waals surface area contributed by atoms with Gasteiger partial charge >= 0.3 is 0 Å². The summed E-state index contributed by atoms with van der Waals surface area (Å²) in [5, 5.41) is 0. The second kappa shape index (κ2) is 7.25. The maximum Gasteiger partial charge on any atom is 0.139 e. The fourth-order valence-electron chi connectivity index (χ4n) is 8.38. The molecule has 5 aliphatic rings. The number of rotatable bonds is 2. The van der Waals surface area contributed by atoms with E-state index in [9.17, 15) is 4.79 Å². The second-order valence-electron chi connectivity index (χ2n) is 11.4. The van der Waals surface area contributed by atoms with E-state index in [1.807, 2.05) is 0 Å². The quantitative estimate of drug-likeness (QED) is 0.519. The third-order valence-electron chi connectivity index (χ3n) is 10.3. The lowest BCUT2D eigenvalue weighted by Gasteiger charge is -2.59. The molecule has 4 saturated carbocycles. The maximum atomic E-state index is 12.6. The van der Waals surface area contributed by atoms with E-state index in [0.29, 0.717) is 17.1 Å². The van der Waals surface area contributed by atoms with Gasteiger partial charge in [0.15, 0.2) is 0 Å². The summed E-state index contributed by atoms with van der Waals surface area (Å²) in [6.45, 7) is 6.90. The molecule has 5 rings (SSSR count). The minimum absolute atomic E-state index is 0.0355. The number of ether oxygens (including phenoxy) is 1. The Bertz CT molecular complexity index is 645. The van der Waals surface area contributed by atoms with Crippen LogP contribution >= 0.6 is 0 Å². The van der Waals surface area contributed by atoms with Gasteiger partial charge in [-0.15, -0.1) is 0 Å². The molecule has 0 aromatic rings. The number of Topliss-reactive ketones (excluding diaryl/α,β-unsaturated/α-hetero) is 1. The molecular formula is C26H40O2. The molecule has 0 spiro atoms. The second-order valence-corrected chi connectivity index (χ2v) is 11.4. The van der Waals surface area contributed by atoms with E-state index in [4.69, 9.17) is 4.74 Å². The van der Waals surface area contributed by atoms with E-state index in [2.05, 4.69) is 19.9 Å². The molecule has 156 valence electrons. The molecule has 2 heteroatoms. The van der Waals surface area contributed by atoms with Gasteiger partial charge in [-0.1, -0.05) is 25.5 Å². The molecule has 0 N–H and O–H groups in total. The Balaban J connectivity index is 1.28. The number of allylic oxidation sites excluding steroid dienone is 2. The predicted molar refractivity (Wildman–Crippen MR) is 113 cm³/mol. The smallest absolute Gasteiger partial charge is 0.139 e. The van der Waals surface area contributed by atoms with Crippen molar-refractivity contribution in [1.82, 2.24) is 0 Å². The zero-order valence-electron chi connectivity index (χ0n) is 18.2. The van der Waals surface area contributed by atoms with Crippen molar-refractivity contribution < 1.29 is 9.53 Å². The molecule has 0 bridgehead atoms. The van der Waals surface area contributed by atoms with Gasteiger partial charge in [-0.2, -0.15) is 0 Å². The van der Waals surface area contributed by atoms with Crippen molar-refractivity contribution in [1.29, 1.82) is 0 Å². The Morgan fingerprint density at radius 2 is 1.79 bits per heavy atom. The summed E-state index contributed by atoms with van der Waals surface area (Å²) >= 11 is 0. The molecule has 4 aliphatic carbocycles. The van der Waals surface area contributed by atoms with Crippen LogP contribution in [0.4, 0.5) is 0 Å². The molecule has 6 atom stereocenters. The number of carbonyl (C=O) groups excluding carboxylic acids is 1. The van der Waals surface area contributed by atoms with E-state index >= 15 is 0 Å². The number of fused-ring (bicyclic) bond motifs is 5. The number of hydrogen-bond acceptors (Lipinski definition) is 2. The normalized spacial score (nSPS) is 48.2. The number of ketones is 1. The van der Waals surface area contributed by atoms with Gasteiger partial charge in [0.1, 0.15) is 5.78 Å². The summed E-state index contributed by atoms with van der Waals surface area (Å²) in [5.74, 6) is 4.75. The van der Waals surface area contributed by atoms with Gasteiger partial charge in [-0.3, -0.25) is 4.79 Å². The lowest BCUT2D eigenvalue weighted by atomic mass is 9.45. The van der Waals surface area contributed by atoms with Crippen LogP contribution in [0.1, 0.15) is 90.9 Å². The van der Waals surface area contributed by atoms with Gasteiger partial charge in [0.2, 0.25) is 0 Å². The minimum Gasteiger partial charge on any atom is -0.381 e. The maximum absolute atomic E-state index is 12.6. The van der Waals surface area contributed by atoms with Crippen molar-refractivity contribution in [2.24, 2.45) is 40.4 Å². The first-order chi connectivity index (χ1) is 13.5. The van der Waals surface area contributed by atoms with E-state index < -0.39 is 0 Å². The number of hydrogen-bond donors (Lipinski definition) is 0. The fourth-order valence-corrected chi connectivity index (χ4v) is 8.38. The Kier molecular flexibility index (Phi) is 5.01. The van der Waals surface area contributed by atoms with Gasteiger partial charge in [0, 0.05) is 25.0 Å². The Labute approximate surface area is 171 Å². The molecule has 1 saturated heterocycles. The van der Waals surface area contributed by atoms with Crippen LogP contribution in [0.5, 0.6) is 0 Å². The highest BCUT2D eigenvalue weighted by atomic mass is 16.5. The van der Waals surface area contributed by atoms with Crippen LogP contribution in [0.2, 0.25) is 0 Å². The van der Waals surface area contributed by atoms with Crippen LogP contribution in [-0.2, 0) is 9.53 Å². The van der Waals surface area contributed by atoms with Crippen LogP contribution < -0.4 is 0 Å². The Morgan fingerprint density at radius 3 is 2.61 bits per heavy atom. The summed E-state index contributed by atoms with van der Waals surface area (Å²) in [6.07, 6.45) is 17.9. The first-order valence-corrected chi connectivity index (χ1v) is 12.3. The van der Waals surface area contributed by atoms with Gasteiger partial charge in [-0.25, -0.2) is 0 Å². The molecule has 5 fully saturated rings. The molecule has 1 aliphatic heterocycles. The summed E-state index contributed by atoms with van der Waals surface area (Å²) < 4.78 is 5.53. The van der Waals surface area contributed by atoms with Crippen molar-refractivity contribution in [2.45, 2.75) is 90.9 Å². The molecule has 2 nitrogen and oxygen atoms in total. The number of carbonyl (C=O) groups is 1. The average molecular weight is 385 g/mol. The summed E-state index contributed by atoms with van der Waals surface area (Å²) in [5.41, 5.74) is 2.34. The van der Waals surface area contributed by atoms with Crippen LogP contribution in [0.3, 0.4) is 0 Å². The van der Waals surface area contributed by atoms with Crippen molar-refractivity contribution in [3.8, 4) is 0 Å². The van der Waals surface area contributed by atoms with E-state index in [1.165, 1.54) is 70.6 Å². The third-order valence-corrected chi connectivity index (χ3v) is 10.3. The first kappa shape index (κ1) is 19.3. The van der Waals surface area contributed by atoms with Crippen LogP contribution in [0.15, 0.2) is 11.6 Å².